The number of thiophene rings is 2. The van der Waals surface area contributed by atoms with Crippen LogP contribution in [0.5, 0.6) is 0 Å². The monoisotopic (exact) mass is 434 g/mol. The molecule has 0 spiro atoms. The number of nitrogens with one attached hydrogen (secondary N) is 1. The fourth-order valence-corrected chi connectivity index (χ4v) is 6.34. The maximum absolute atomic E-state index is 12.6. The van der Waals surface area contributed by atoms with Gasteiger partial charge in [-0.3, -0.25) is 9.59 Å². The van der Waals surface area contributed by atoms with Gasteiger partial charge in [-0.05, 0) is 37.1 Å². The van der Waals surface area contributed by atoms with Crippen molar-refractivity contribution in [2.45, 2.75) is 23.1 Å². The predicted molar refractivity (Wildman–Crippen MR) is 100 cm³/mol. The molecule has 0 saturated carbocycles. The number of carbonyl (C=O) groups excluding carboxylic acids is 1. The Morgan fingerprint density at radius 2 is 1.96 bits per heavy atom. The Kier molecular flexibility index (Phi) is 5.68. The van der Waals surface area contributed by atoms with Crippen molar-refractivity contribution in [3.8, 4) is 9.75 Å². The van der Waals surface area contributed by atoms with E-state index in [-0.39, 0.29) is 4.21 Å². The van der Waals surface area contributed by atoms with E-state index in [0.717, 1.165) is 26.0 Å². The number of likely N-dealkylation sites (tertiary alicyclic amines) is 1. The van der Waals surface area contributed by atoms with Gasteiger partial charge in [0.05, 0.1) is 4.34 Å². The van der Waals surface area contributed by atoms with Gasteiger partial charge >= 0.3 is 5.97 Å². The van der Waals surface area contributed by atoms with Crippen LogP contribution in [0, 0.1) is 0 Å². The van der Waals surface area contributed by atoms with Crippen LogP contribution in [0.25, 0.3) is 9.75 Å². The van der Waals surface area contributed by atoms with E-state index in [1.54, 1.807) is 12.1 Å². The van der Waals surface area contributed by atoms with Crippen molar-refractivity contribution in [1.29, 1.82) is 0 Å². The molecular formula is C15H15ClN2O5S3. The molecule has 26 heavy (non-hydrogen) atoms. The quantitative estimate of drug-likeness (QED) is 0.726. The van der Waals surface area contributed by atoms with E-state index in [4.69, 9.17) is 16.7 Å². The van der Waals surface area contributed by atoms with E-state index in [9.17, 15) is 18.0 Å². The van der Waals surface area contributed by atoms with Gasteiger partial charge in [-0.2, -0.15) is 4.72 Å². The van der Waals surface area contributed by atoms with Crippen molar-refractivity contribution >= 4 is 56.2 Å². The van der Waals surface area contributed by atoms with Crippen LogP contribution in [0.2, 0.25) is 4.34 Å². The minimum absolute atomic E-state index is 0.0974. The third-order valence-electron chi connectivity index (χ3n) is 3.82. The molecule has 0 aliphatic carbocycles. The molecule has 1 aliphatic heterocycles. The number of aliphatic carboxylic acids is 1. The van der Waals surface area contributed by atoms with Crippen LogP contribution < -0.4 is 4.72 Å². The molecule has 1 amide bonds. The van der Waals surface area contributed by atoms with Crippen LogP contribution in [-0.2, 0) is 19.6 Å². The molecule has 3 heterocycles. The molecule has 7 nitrogen and oxygen atoms in total. The highest BCUT2D eigenvalue weighted by Gasteiger charge is 2.33. The van der Waals surface area contributed by atoms with Crippen LogP contribution in [0.3, 0.4) is 0 Å². The Labute approximate surface area is 163 Å². The molecule has 2 aromatic heterocycles. The molecule has 1 fully saturated rings. The molecule has 3 rings (SSSR count). The average Bonchev–Trinajstić information content (AvgIpc) is 3.19. The molecule has 1 saturated heterocycles. The van der Waals surface area contributed by atoms with Gasteiger partial charge in [0.25, 0.3) is 10.0 Å². The van der Waals surface area contributed by atoms with Crippen molar-refractivity contribution in [3.05, 3.63) is 28.6 Å². The standard InChI is InChI=1S/C15H15ClN2O5S3/c16-12-5-3-10(24-12)11-4-6-14(25-11)26(22,23)17-9-2-1-7-18(15(9)21)8-13(19)20/h3-6,9,17H,1-2,7-8H2,(H,19,20)/t9-/m0/s1. The fourth-order valence-electron chi connectivity index (χ4n) is 2.66. The van der Waals surface area contributed by atoms with Gasteiger partial charge in [0.1, 0.15) is 16.8 Å². The molecule has 140 valence electrons. The Hall–Kier alpha value is -1.46. The highest BCUT2D eigenvalue weighted by molar-refractivity contribution is 7.91. The van der Waals surface area contributed by atoms with E-state index in [1.165, 1.54) is 17.4 Å². The van der Waals surface area contributed by atoms with E-state index >= 15 is 0 Å². The van der Waals surface area contributed by atoms with Crippen LogP contribution in [0.4, 0.5) is 0 Å². The summed E-state index contributed by atoms with van der Waals surface area (Å²) in [5.74, 6) is -1.64. The molecule has 1 aliphatic rings. The lowest BCUT2D eigenvalue weighted by atomic mass is 10.1. The molecule has 0 unspecified atom stereocenters. The highest BCUT2D eigenvalue weighted by atomic mass is 35.5. The number of piperidine rings is 1. The normalized spacial score (nSPS) is 18.3. The van der Waals surface area contributed by atoms with Crippen molar-refractivity contribution in [2.75, 3.05) is 13.1 Å². The van der Waals surface area contributed by atoms with Crippen LogP contribution in [0.15, 0.2) is 28.5 Å². The maximum Gasteiger partial charge on any atom is 0.323 e. The summed E-state index contributed by atoms with van der Waals surface area (Å²) >= 11 is 8.35. The summed E-state index contributed by atoms with van der Waals surface area (Å²) in [5, 5.41) is 8.85. The number of hydrogen-bond donors (Lipinski definition) is 2. The minimum atomic E-state index is -3.88. The van der Waals surface area contributed by atoms with E-state index in [1.807, 2.05) is 6.07 Å². The number of halogens is 1. The Bertz CT molecular complexity index is 937. The molecule has 11 heteroatoms. The first-order valence-corrected chi connectivity index (χ1v) is 11.1. The second kappa shape index (κ2) is 7.65. The van der Waals surface area contributed by atoms with Gasteiger partial charge in [0.2, 0.25) is 5.91 Å². The molecular weight excluding hydrogens is 420 g/mol. The SMILES string of the molecule is O=C(O)CN1CCC[C@H](NS(=O)(=O)c2ccc(-c3ccc(Cl)s3)s2)C1=O. The largest absolute Gasteiger partial charge is 0.480 e. The van der Waals surface area contributed by atoms with Crippen LogP contribution in [0.1, 0.15) is 12.8 Å². The maximum atomic E-state index is 12.6. The second-order valence-corrected chi connectivity index (χ2v) is 10.4. The lowest BCUT2D eigenvalue weighted by Gasteiger charge is -2.31. The number of hydrogen-bond acceptors (Lipinski definition) is 6. The van der Waals surface area contributed by atoms with Crippen LogP contribution in [-0.4, -0.2) is 49.4 Å². The minimum Gasteiger partial charge on any atom is -0.480 e. The number of sulfonamides is 1. The van der Waals surface area contributed by atoms with Gasteiger partial charge < -0.3 is 10.0 Å². The number of carbonyl (C=O) groups is 2. The molecule has 2 aromatic rings. The summed E-state index contributed by atoms with van der Waals surface area (Å²) in [6.07, 6.45) is 0.878. The van der Waals surface area contributed by atoms with Crippen molar-refractivity contribution in [1.82, 2.24) is 9.62 Å². The van der Waals surface area contributed by atoms with Gasteiger partial charge in [-0.1, -0.05) is 11.6 Å². The van der Waals surface area contributed by atoms with E-state index in [0.29, 0.717) is 23.7 Å². The molecule has 0 radical (unpaired) electrons. The van der Waals surface area contributed by atoms with Crippen molar-refractivity contribution in [2.24, 2.45) is 0 Å². The smallest absolute Gasteiger partial charge is 0.323 e. The number of rotatable bonds is 6. The summed E-state index contributed by atoms with van der Waals surface area (Å²) < 4.78 is 28.3. The zero-order valence-corrected chi connectivity index (χ0v) is 16.6. The first kappa shape index (κ1) is 19.3. The molecule has 2 N–H and O–H groups in total. The molecule has 0 bridgehead atoms. The zero-order valence-electron chi connectivity index (χ0n) is 13.3. The number of carboxylic acids is 1. The highest BCUT2D eigenvalue weighted by Crippen LogP contribution is 2.36. The first-order chi connectivity index (χ1) is 12.3. The summed E-state index contributed by atoms with van der Waals surface area (Å²) in [6.45, 7) is -0.120. The van der Waals surface area contributed by atoms with Gasteiger partial charge in [-0.25, -0.2) is 8.42 Å². The number of carboxylic acid groups (broad SMARTS) is 1. The zero-order chi connectivity index (χ0) is 18.9. The van der Waals surface area contributed by atoms with E-state index in [2.05, 4.69) is 4.72 Å². The van der Waals surface area contributed by atoms with Gasteiger partial charge in [0.15, 0.2) is 0 Å². The number of amides is 1. The van der Waals surface area contributed by atoms with Crippen LogP contribution >= 0.6 is 34.3 Å². The van der Waals surface area contributed by atoms with Gasteiger partial charge in [0, 0.05) is 16.3 Å². The topological polar surface area (TPSA) is 104 Å². The molecule has 1 atom stereocenters. The summed E-state index contributed by atoms with van der Waals surface area (Å²) in [4.78, 5) is 25.9. The van der Waals surface area contributed by atoms with Crippen molar-refractivity contribution < 1.29 is 23.1 Å². The summed E-state index contributed by atoms with van der Waals surface area (Å²) in [5.41, 5.74) is 0. The number of nitrogens with zero attached hydrogens (tertiary/aromatic N) is 1. The Morgan fingerprint density at radius 3 is 2.62 bits per heavy atom. The average molecular weight is 435 g/mol. The fraction of sp³-hybridized carbons (Fsp3) is 0.333. The first-order valence-electron chi connectivity index (χ1n) is 7.65. The summed E-state index contributed by atoms with van der Waals surface area (Å²) in [6, 6.07) is 5.79. The van der Waals surface area contributed by atoms with Gasteiger partial charge in [-0.15, -0.1) is 22.7 Å². The molecule has 0 aromatic carbocycles. The predicted octanol–water partition coefficient (Wildman–Crippen LogP) is 2.48. The Balaban J connectivity index is 1.75. The Morgan fingerprint density at radius 1 is 1.27 bits per heavy atom. The van der Waals surface area contributed by atoms with E-state index < -0.39 is 34.5 Å². The summed E-state index contributed by atoms with van der Waals surface area (Å²) in [7, 11) is -3.88. The third-order valence-corrected chi connectivity index (χ3v) is 8.29. The lowest BCUT2D eigenvalue weighted by molar-refractivity contribution is -0.146. The van der Waals surface area contributed by atoms with Crippen molar-refractivity contribution in [3.63, 3.8) is 0 Å². The lowest BCUT2D eigenvalue weighted by Crippen LogP contribution is -2.53. The second-order valence-electron chi connectivity index (χ2n) is 5.69. The third kappa shape index (κ3) is 4.26.